The molecule has 166 valence electrons. The normalized spacial score (nSPS) is 11.8. The minimum Gasteiger partial charge on any atom is -0.456 e. The Morgan fingerprint density at radius 1 is 1.06 bits per heavy atom. The molecule has 1 aromatic heterocycles. The Kier molecular flexibility index (Phi) is 6.33. The number of hydrogen-bond acceptors (Lipinski definition) is 6. The van der Waals surface area contributed by atoms with Crippen molar-refractivity contribution in [3.05, 3.63) is 81.3 Å². The van der Waals surface area contributed by atoms with Gasteiger partial charge in [0.05, 0.1) is 11.4 Å². The Labute approximate surface area is 195 Å². The third-order valence-corrected chi connectivity index (χ3v) is 6.67. The fourth-order valence-electron chi connectivity index (χ4n) is 3.90. The number of carbonyl (C=O) groups is 2. The van der Waals surface area contributed by atoms with E-state index >= 15 is 0 Å². The summed E-state index contributed by atoms with van der Waals surface area (Å²) in [4.78, 5) is 43.5. The fraction of sp³-hybridized carbons (Fsp3) is 0.200. The topological polar surface area (TPSA) is 103 Å². The van der Waals surface area contributed by atoms with Crippen LogP contribution in [0.1, 0.15) is 28.8 Å². The monoisotopic (exact) mass is 459 g/mol. The zero-order chi connectivity index (χ0) is 23.5. The number of esters is 1. The Balaban J connectivity index is 1.45. The number of aromatic amines is 1. The van der Waals surface area contributed by atoms with E-state index < -0.39 is 11.5 Å². The van der Waals surface area contributed by atoms with Crippen molar-refractivity contribution in [1.29, 1.82) is 5.26 Å². The number of benzene rings is 2. The summed E-state index contributed by atoms with van der Waals surface area (Å²) in [6, 6.07) is 17.1. The molecule has 0 radical (unpaired) electrons. The number of carbonyl (C=O) groups excluding carboxylic acids is 2. The smallest absolute Gasteiger partial charge is 0.306 e. The number of ether oxygens (including phenoxy) is 1. The Morgan fingerprint density at radius 2 is 1.67 bits per heavy atom. The molecule has 33 heavy (non-hydrogen) atoms. The molecule has 8 heteroatoms. The number of nitriles is 1. The second-order valence-electron chi connectivity index (χ2n) is 7.60. The first-order chi connectivity index (χ1) is 15.9. The van der Waals surface area contributed by atoms with E-state index in [0.717, 1.165) is 26.7 Å². The molecule has 7 nitrogen and oxygen atoms in total. The van der Waals surface area contributed by atoms with Crippen molar-refractivity contribution in [2.45, 2.75) is 36.5 Å². The summed E-state index contributed by atoms with van der Waals surface area (Å²) in [6.45, 7) is 3.02. The van der Waals surface area contributed by atoms with Gasteiger partial charge in [0.2, 0.25) is 0 Å². The predicted octanol–water partition coefficient (Wildman–Crippen LogP) is 4.17. The summed E-state index contributed by atoms with van der Waals surface area (Å²) in [7, 11) is 0. The second-order valence-corrected chi connectivity index (χ2v) is 8.68. The summed E-state index contributed by atoms with van der Waals surface area (Å²) in [5, 5.41) is 9.20. The molecule has 1 aliphatic rings. The number of nitrogens with one attached hydrogen (secondary N) is 1. The van der Waals surface area contributed by atoms with Crippen molar-refractivity contribution in [2.75, 3.05) is 11.5 Å². The molecule has 2 aromatic carbocycles. The summed E-state index contributed by atoms with van der Waals surface area (Å²) in [6.07, 6.45) is 0.317. The number of nitrogens with zero attached hydrogens (tertiary/aromatic N) is 2. The van der Waals surface area contributed by atoms with Gasteiger partial charge in [-0.15, -0.1) is 0 Å². The van der Waals surface area contributed by atoms with Crippen molar-refractivity contribution in [3.8, 4) is 6.07 Å². The van der Waals surface area contributed by atoms with Gasteiger partial charge >= 0.3 is 5.97 Å². The molecule has 0 aliphatic carbocycles. The number of fused-ring (bicyclic) bond motifs is 2. The summed E-state index contributed by atoms with van der Waals surface area (Å²) < 4.78 is 5.29. The van der Waals surface area contributed by atoms with Gasteiger partial charge in [0.1, 0.15) is 11.6 Å². The van der Waals surface area contributed by atoms with Crippen LogP contribution in [0.5, 0.6) is 0 Å². The molecule has 3 aromatic rings. The lowest BCUT2D eigenvalue weighted by molar-refractivity contribution is -0.147. The van der Waals surface area contributed by atoms with Crippen molar-refractivity contribution in [2.24, 2.45) is 0 Å². The van der Waals surface area contributed by atoms with E-state index in [1.807, 2.05) is 54.6 Å². The first-order valence-corrected chi connectivity index (χ1v) is 11.2. The SMILES string of the molecule is Cc1[nH]c(=O)c(C#N)c(C)c1CCC(=O)OCC(=O)N1c2ccccc2Sc2ccccc21. The Morgan fingerprint density at radius 3 is 2.27 bits per heavy atom. The molecule has 0 spiro atoms. The quantitative estimate of drug-likeness (QED) is 0.575. The lowest BCUT2D eigenvalue weighted by Gasteiger charge is -2.30. The van der Waals surface area contributed by atoms with Gasteiger partial charge in [-0.2, -0.15) is 5.26 Å². The second kappa shape index (κ2) is 9.35. The van der Waals surface area contributed by atoms with Gasteiger partial charge in [-0.05, 0) is 55.7 Å². The average Bonchev–Trinajstić information content (AvgIpc) is 2.80. The summed E-state index contributed by atoms with van der Waals surface area (Å²) in [5.74, 6) is -0.869. The lowest BCUT2D eigenvalue weighted by Crippen LogP contribution is -2.32. The van der Waals surface area contributed by atoms with Crippen molar-refractivity contribution < 1.29 is 14.3 Å². The van der Waals surface area contributed by atoms with Gasteiger partial charge in [0.15, 0.2) is 6.61 Å². The minimum atomic E-state index is -0.528. The molecule has 0 saturated carbocycles. The van der Waals surface area contributed by atoms with E-state index in [-0.39, 0.29) is 24.5 Å². The van der Waals surface area contributed by atoms with Gasteiger partial charge in [-0.25, -0.2) is 0 Å². The van der Waals surface area contributed by atoms with Crippen molar-refractivity contribution >= 4 is 35.0 Å². The zero-order valence-corrected chi connectivity index (χ0v) is 19.0. The lowest BCUT2D eigenvalue weighted by atomic mass is 9.99. The highest BCUT2D eigenvalue weighted by Gasteiger charge is 2.28. The van der Waals surface area contributed by atoms with Crippen molar-refractivity contribution in [1.82, 2.24) is 4.98 Å². The molecule has 0 saturated heterocycles. The van der Waals surface area contributed by atoms with Crippen molar-refractivity contribution in [3.63, 3.8) is 0 Å². The van der Waals surface area contributed by atoms with Crippen LogP contribution in [-0.4, -0.2) is 23.5 Å². The number of anilines is 2. The van der Waals surface area contributed by atoms with Crippen LogP contribution in [0.15, 0.2) is 63.1 Å². The van der Waals surface area contributed by atoms with Gasteiger partial charge < -0.3 is 9.72 Å². The van der Waals surface area contributed by atoms with Crippen LogP contribution < -0.4 is 10.5 Å². The maximum Gasteiger partial charge on any atom is 0.306 e. The standard InChI is InChI=1S/C25H21N3O4S/c1-15-17(16(2)27-25(31)18(15)13-26)11-12-24(30)32-14-23(29)28-19-7-3-5-9-21(19)33-22-10-6-4-8-20(22)28/h3-10H,11-12,14H2,1-2H3,(H,27,31). The molecule has 0 fully saturated rings. The van der Waals surface area contributed by atoms with E-state index in [1.165, 1.54) is 0 Å². The highest BCUT2D eigenvalue weighted by atomic mass is 32.2. The molecule has 0 unspecified atom stereocenters. The highest BCUT2D eigenvalue weighted by molar-refractivity contribution is 7.99. The van der Waals surface area contributed by atoms with Crippen LogP contribution >= 0.6 is 11.8 Å². The summed E-state index contributed by atoms with van der Waals surface area (Å²) in [5.41, 5.74) is 3.01. The Bertz CT molecular complexity index is 1310. The zero-order valence-electron chi connectivity index (χ0n) is 18.2. The largest absolute Gasteiger partial charge is 0.456 e. The predicted molar refractivity (Wildman–Crippen MR) is 125 cm³/mol. The number of hydrogen-bond donors (Lipinski definition) is 1. The number of aryl methyl sites for hydroxylation is 1. The molecular formula is C25H21N3O4S. The first kappa shape index (κ1) is 22.4. The number of H-pyrrole nitrogens is 1. The van der Waals surface area contributed by atoms with Crippen LogP contribution in [0.4, 0.5) is 11.4 Å². The van der Waals surface area contributed by atoms with Crippen LogP contribution in [0, 0.1) is 25.2 Å². The van der Waals surface area contributed by atoms with Gasteiger partial charge in [0, 0.05) is 21.9 Å². The van der Waals surface area contributed by atoms with E-state index in [9.17, 15) is 19.6 Å². The van der Waals surface area contributed by atoms with Gasteiger partial charge in [-0.1, -0.05) is 36.0 Å². The van der Waals surface area contributed by atoms with Crippen LogP contribution in [0.3, 0.4) is 0 Å². The molecule has 1 aliphatic heterocycles. The highest BCUT2D eigenvalue weighted by Crippen LogP contribution is 2.47. The van der Waals surface area contributed by atoms with E-state index in [2.05, 4.69) is 4.98 Å². The van der Waals surface area contributed by atoms with E-state index in [0.29, 0.717) is 17.7 Å². The number of amides is 1. The number of aromatic nitrogens is 1. The van der Waals surface area contributed by atoms with E-state index in [4.69, 9.17) is 4.74 Å². The number of rotatable bonds is 5. The molecule has 0 atom stereocenters. The van der Waals surface area contributed by atoms with Crippen LogP contribution in [0.2, 0.25) is 0 Å². The Hall–Kier alpha value is -3.83. The average molecular weight is 460 g/mol. The third kappa shape index (κ3) is 4.41. The van der Waals surface area contributed by atoms with Crippen LogP contribution in [0.25, 0.3) is 0 Å². The maximum absolute atomic E-state index is 13.1. The molecule has 4 rings (SSSR count). The molecule has 0 bridgehead atoms. The molecular weight excluding hydrogens is 438 g/mol. The van der Waals surface area contributed by atoms with E-state index in [1.54, 1.807) is 30.5 Å². The minimum absolute atomic E-state index is 0.0227. The molecule has 1 amide bonds. The van der Waals surface area contributed by atoms with Gasteiger partial charge in [-0.3, -0.25) is 19.3 Å². The number of para-hydroxylation sites is 2. The van der Waals surface area contributed by atoms with Gasteiger partial charge in [0.25, 0.3) is 11.5 Å². The first-order valence-electron chi connectivity index (χ1n) is 10.4. The molecule has 2 heterocycles. The number of pyridine rings is 1. The summed E-state index contributed by atoms with van der Waals surface area (Å²) >= 11 is 1.59. The fourth-order valence-corrected chi connectivity index (χ4v) is 4.96. The molecule has 1 N–H and O–H groups in total. The third-order valence-electron chi connectivity index (χ3n) is 5.54. The van der Waals surface area contributed by atoms with Crippen LogP contribution in [-0.2, 0) is 20.7 Å². The maximum atomic E-state index is 13.1.